The van der Waals surface area contributed by atoms with Crippen LogP contribution in [0.15, 0.2) is 22.7 Å². The summed E-state index contributed by atoms with van der Waals surface area (Å²) in [5, 5.41) is 19.9. The molecule has 1 aromatic rings. The molecule has 0 heterocycles. The average Bonchev–Trinajstić information content (AvgIpc) is 2.26. The van der Waals surface area contributed by atoms with E-state index in [4.69, 9.17) is 0 Å². The van der Waals surface area contributed by atoms with E-state index in [2.05, 4.69) is 15.9 Å². The number of non-ortho nitro benzene ring substituents is 1. The number of likely N-dealkylation sites (N-methyl/N-ethyl adjacent to an activating group) is 1. The van der Waals surface area contributed by atoms with E-state index in [1.807, 2.05) is 0 Å². The zero-order chi connectivity index (χ0) is 13.9. The van der Waals surface area contributed by atoms with Gasteiger partial charge in [0.25, 0.3) is 11.6 Å². The molecule has 1 atom stereocenters. The normalized spacial score (nSPS) is 12.0. The lowest BCUT2D eigenvalue weighted by Gasteiger charge is -2.18. The van der Waals surface area contributed by atoms with Gasteiger partial charge in [-0.05, 0) is 13.0 Å². The monoisotopic (exact) mass is 316 g/mol. The van der Waals surface area contributed by atoms with E-state index in [1.54, 1.807) is 6.92 Å². The highest BCUT2D eigenvalue weighted by atomic mass is 79.9. The van der Waals surface area contributed by atoms with Crippen LogP contribution in [0.4, 0.5) is 5.69 Å². The number of aliphatic hydroxyl groups is 1. The molecule has 1 amide bonds. The summed E-state index contributed by atoms with van der Waals surface area (Å²) >= 11 is 3.13. The van der Waals surface area contributed by atoms with E-state index < -0.39 is 11.0 Å². The van der Waals surface area contributed by atoms with Crippen LogP contribution in [0.25, 0.3) is 0 Å². The van der Waals surface area contributed by atoms with Gasteiger partial charge in [-0.2, -0.15) is 0 Å². The van der Waals surface area contributed by atoms with E-state index in [0.717, 1.165) is 0 Å². The van der Waals surface area contributed by atoms with Crippen molar-refractivity contribution in [2.24, 2.45) is 0 Å². The molecule has 98 valence electrons. The van der Waals surface area contributed by atoms with Crippen molar-refractivity contribution in [2.75, 3.05) is 13.6 Å². The maximum Gasteiger partial charge on any atom is 0.271 e. The van der Waals surface area contributed by atoms with E-state index in [9.17, 15) is 20.0 Å². The molecule has 1 N–H and O–H groups in total. The van der Waals surface area contributed by atoms with Crippen molar-refractivity contribution < 1.29 is 14.8 Å². The molecule has 0 saturated carbocycles. The van der Waals surface area contributed by atoms with Crippen LogP contribution in [-0.4, -0.2) is 40.5 Å². The largest absolute Gasteiger partial charge is 0.392 e. The van der Waals surface area contributed by atoms with E-state index in [0.29, 0.717) is 4.47 Å². The van der Waals surface area contributed by atoms with Crippen LogP contribution in [-0.2, 0) is 0 Å². The second kappa shape index (κ2) is 5.92. The first-order valence-electron chi connectivity index (χ1n) is 5.19. The third-order valence-corrected chi connectivity index (χ3v) is 2.68. The average molecular weight is 317 g/mol. The molecule has 0 bridgehead atoms. The number of nitrogens with zero attached hydrogens (tertiary/aromatic N) is 2. The molecule has 6 nitrogen and oxygen atoms in total. The third-order valence-electron chi connectivity index (χ3n) is 2.23. The molecule has 0 aromatic heterocycles. The van der Waals surface area contributed by atoms with Gasteiger partial charge in [-0.25, -0.2) is 0 Å². The highest BCUT2D eigenvalue weighted by Gasteiger charge is 2.17. The van der Waals surface area contributed by atoms with Crippen LogP contribution in [0, 0.1) is 10.1 Å². The maximum absolute atomic E-state index is 12.0. The van der Waals surface area contributed by atoms with Gasteiger partial charge in [0, 0.05) is 35.8 Å². The van der Waals surface area contributed by atoms with Gasteiger partial charge in [-0.3, -0.25) is 14.9 Å². The fourth-order valence-electron chi connectivity index (χ4n) is 1.50. The van der Waals surface area contributed by atoms with Gasteiger partial charge in [0.1, 0.15) is 0 Å². The molecule has 1 rings (SSSR count). The molecule has 0 aliphatic rings. The number of carbonyl (C=O) groups excluding carboxylic acids is 1. The van der Waals surface area contributed by atoms with Crippen LogP contribution in [0.3, 0.4) is 0 Å². The predicted molar refractivity (Wildman–Crippen MR) is 69.4 cm³/mol. The molecule has 0 spiro atoms. The van der Waals surface area contributed by atoms with Crippen LogP contribution >= 0.6 is 15.9 Å². The topological polar surface area (TPSA) is 83.7 Å². The Morgan fingerprint density at radius 2 is 2.17 bits per heavy atom. The van der Waals surface area contributed by atoms with E-state index in [-0.39, 0.29) is 23.7 Å². The minimum absolute atomic E-state index is 0.154. The number of hydrogen-bond donors (Lipinski definition) is 1. The van der Waals surface area contributed by atoms with Crippen LogP contribution < -0.4 is 0 Å². The number of benzene rings is 1. The van der Waals surface area contributed by atoms with Gasteiger partial charge < -0.3 is 10.0 Å². The summed E-state index contributed by atoms with van der Waals surface area (Å²) in [4.78, 5) is 23.4. The quantitative estimate of drug-likeness (QED) is 0.678. The first kappa shape index (κ1) is 14.6. The number of rotatable bonds is 4. The molecule has 1 aromatic carbocycles. The van der Waals surface area contributed by atoms with Crippen LogP contribution in [0.2, 0.25) is 0 Å². The van der Waals surface area contributed by atoms with E-state index >= 15 is 0 Å². The van der Waals surface area contributed by atoms with Crippen LogP contribution in [0.1, 0.15) is 17.3 Å². The Morgan fingerprint density at radius 3 is 2.67 bits per heavy atom. The number of nitro benzene ring substituents is 1. The van der Waals surface area contributed by atoms with Gasteiger partial charge in [-0.1, -0.05) is 15.9 Å². The molecule has 0 aliphatic heterocycles. The minimum Gasteiger partial charge on any atom is -0.392 e. The van der Waals surface area contributed by atoms with Gasteiger partial charge in [-0.15, -0.1) is 0 Å². The van der Waals surface area contributed by atoms with Gasteiger partial charge in [0.05, 0.1) is 11.0 Å². The Hall–Kier alpha value is -1.47. The van der Waals surface area contributed by atoms with Crippen molar-refractivity contribution in [2.45, 2.75) is 13.0 Å². The summed E-state index contributed by atoms with van der Waals surface area (Å²) in [6.07, 6.45) is -0.652. The number of hydrogen-bond acceptors (Lipinski definition) is 4. The van der Waals surface area contributed by atoms with Crippen molar-refractivity contribution in [3.8, 4) is 0 Å². The molecular weight excluding hydrogens is 304 g/mol. The number of carbonyl (C=O) groups is 1. The zero-order valence-corrected chi connectivity index (χ0v) is 11.5. The summed E-state index contributed by atoms with van der Waals surface area (Å²) in [6.45, 7) is 1.73. The van der Waals surface area contributed by atoms with Crippen molar-refractivity contribution in [1.29, 1.82) is 0 Å². The SMILES string of the molecule is CC(O)CN(C)C(=O)c1cc(Br)cc([N+](=O)[O-])c1. The maximum atomic E-state index is 12.0. The molecular formula is C11H13BrN2O4. The summed E-state index contributed by atoms with van der Waals surface area (Å²) in [6, 6.07) is 4.05. The first-order chi connectivity index (χ1) is 8.31. The van der Waals surface area contributed by atoms with Gasteiger partial charge in [0.2, 0.25) is 0 Å². The second-order valence-electron chi connectivity index (χ2n) is 3.99. The van der Waals surface area contributed by atoms with Crippen molar-refractivity contribution in [3.63, 3.8) is 0 Å². The fourth-order valence-corrected chi connectivity index (χ4v) is 1.98. The Labute approximate surface area is 112 Å². The molecule has 0 radical (unpaired) electrons. The smallest absolute Gasteiger partial charge is 0.271 e. The molecule has 0 saturated heterocycles. The number of aliphatic hydroxyl groups excluding tert-OH is 1. The summed E-state index contributed by atoms with van der Waals surface area (Å²) in [5.41, 5.74) is 0.0531. The fraction of sp³-hybridized carbons (Fsp3) is 0.364. The summed E-state index contributed by atoms with van der Waals surface area (Å²) in [7, 11) is 1.53. The van der Waals surface area contributed by atoms with Crippen molar-refractivity contribution in [3.05, 3.63) is 38.3 Å². The lowest BCUT2D eigenvalue weighted by molar-refractivity contribution is -0.385. The third kappa shape index (κ3) is 3.78. The second-order valence-corrected chi connectivity index (χ2v) is 4.91. The predicted octanol–water partition coefficient (Wildman–Crippen LogP) is 1.81. The molecule has 0 aliphatic carbocycles. The Balaban J connectivity index is 3.02. The molecule has 0 fully saturated rings. The lowest BCUT2D eigenvalue weighted by Crippen LogP contribution is -2.33. The zero-order valence-electron chi connectivity index (χ0n) is 9.96. The van der Waals surface area contributed by atoms with Gasteiger partial charge in [0.15, 0.2) is 0 Å². The van der Waals surface area contributed by atoms with Crippen LogP contribution in [0.5, 0.6) is 0 Å². The molecule has 18 heavy (non-hydrogen) atoms. The van der Waals surface area contributed by atoms with Crippen molar-refractivity contribution >= 4 is 27.5 Å². The molecule has 7 heteroatoms. The summed E-state index contributed by atoms with van der Waals surface area (Å²) < 4.78 is 0.463. The number of halogens is 1. The number of nitro groups is 1. The Kier molecular flexibility index (Phi) is 4.80. The lowest BCUT2D eigenvalue weighted by atomic mass is 10.1. The van der Waals surface area contributed by atoms with Crippen molar-refractivity contribution in [1.82, 2.24) is 4.90 Å². The Bertz CT molecular complexity index is 476. The highest BCUT2D eigenvalue weighted by Crippen LogP contribution is 2.22. The van der Waals surface area contributed by atoms with E-state index in [1.165, 1.54) is 30.1 Å². The minimum atomic E-state index is -0.652. The molecule has 1 unspecified atom stereocenters. The number of amides is 1. The standard InChI is InChI=1S/C11H13BrN2O4/c1-7(15)6-13(2)11(16)8-3-9(12)5-10(4-8)14(17)18/h3-5,7,15H,6H2,1-2H3. The van der Waals surface area contributed by atoms with Gasteiger partial charge >= 0.3 is 0 Å². The highest BCUT2D eigenvalue weighted by molar-refractivity contribution is 9.10. The first-order valence-corrected chi connectivity index (χ1v) is 5.99. The Morgan fingerprint density at radius 1 is 1.56 bits per heavy atom. The summed E-state index contributed by atoms with van der Waals surface area (Å²) in [5.74, 6) is -0.375.